The zero-order valence-electron chi connectivity index (χ0n) is 22.0. The third-order valence-electron chi connectivity index (χ3n) is 6.07. The van der Waals surface area contributed by atoms with E-state index in [1.165, 1.54) is 27.7 Å². The lowest BCUT2D eigenvalue weighted by atomic mass is 10.0. The second-order valence-corrected chi connectivity index (χ2v) is 8.48. The van der Waals surface area contributed by atoms with Crippen molar-refractivity contribution in [3.63, 3.8) is 0 Å². The molecule has 1 aromatic carbocycles. The molecule has 1 aliphatic heterocycles. The van der Waals surface area contributed by atoms with Crippen LogP contribution >= 0.6 is 0 Å². The highest BCUT2D eigenvalue weighted by molar-refractivity contribution is 5.89. The number of ether oxygens (including phenoxy) is 1. The quantitative estimate of drug-likeness (QED) is 0.367. The topological polar surface area (TPSA) is 123 Å². The summed E-state index contributed by atoms with van der Waals surface area (Å²) in [6, 6.07) is 5.21. The molecule has 5 rings (SSSR count). The van der Waals surface area contributed by atoms with E-state index < -0.39 is 44.5 Å². The first-order valence-electron chi connectivity index (χ1n) is 12.6. The molecule has 0 bridgehead atoms. The number of rotatable bonds is 6. The molecule has 4 aromatic rings. The maximum atomic E-state index is 14.8. The van der Waals surface area contributed by atoms with Gasteiger partial charge in [0.15, 0.2) is 0 Å². The molecule has 2 atom stereocenters. The number of likely N-dealkylation sites (tertiary alicyclic amines) is 1. The SMILES string of the molecule is [2H]C([2H])([2H])Oc1nc(N[C@H]2CCN(C(=O)CO)C[C@H]2F)nn2ccc(-c3ccc4nnn(CC(F)(F)F)c4c3)c12. The van der Waals surface area contributed by atoms with E-state index >= 15 is 0 Å². The summed E-state index contributed by atoms with van der Waals surface area (Å²) >= 11 is 0. The molecule has 15 heteroatoms. The largest absolute Gasteiger partial charge is 0.479 e. The number of benzene rings is 1. The average Bonchev–Trinajstić information content (AvgIpc) is 3.47. The molecule has 11 nitrogen and oxygen atoms in total. The van der Waals surface area contributed by atoms with Gasteiger partial charge in [0.25, 0.3) is 0 Å². The number of anilines is 1. The van der Waals surface area contributed by atoms with E-state index in [9.17, 15) is 22.4 Å². The number of carbonyl (C=O) groups is 1. The number of aliphatic hydroxyl groups excluding tert-OH is 1. The van der Waals surface area contributed by atoms with Crippen molar-refractivity contribution in [3.05, 3.63) is 30.5 Å². The molecule has 1 fully saturated rings. The van der Waals surface area contributed by atoms with E-state index in [1.54, 1.807) is 12.1 Å². The van der Waals surface area contributed by atoms with Crippen molar-refractivity contribution in [1.82, 2.24) is 34.5 Å². The summed E-state index contributed by atoms with van der Waals surface area (Å²) in [6.07, 6.45) is -4.42. The summed E-state index contributed by atoms with van der Waals surface area (Å²) in [4.78, 5) is 17.1. The van der Waals surface area contributed by atoms with Crippen LogP contribution < -0.4 is 10.1 Å². The van der Waals surface area contributed by atoms with Gasteiger partial charge in [0.2, 0.25) is 17.7 Å². The van der Waals surface area contributed by atoms with Gasteiger partial charge in [0, 0.05) is 18.3 Å². The van der Waals surface area contributed by atoms with E-state index in [-0.39, 0.29) is 47.9 Å². The van der Waals surface area contributed by atoms with E-state index in [2.05, 4.69) is 25.7 Å². The maximum Gasteiger partial charge on any atom is 0.408 e. The Morgan fingerprint density at radius 1 is 1.35 bits per heavy atom. The van der Waals surface area contributed by atoms with E-state index in [4.69, 9.17) is 14.0 Å². The first-order chi connectivity index (χ1) is 18.8. The van der Waals surface area contributed by atoms with E-state index in [0.29, 0.717) is 15.8 Å². The molecule has 1 saturated heterocycles. The molecule has 196 valence electrons. The molecule has 0 saturated carbocycles. The smallest absolute Gasteiger partial charge is 0.408 e. The van der Waals surface area contributed by atoms with Crippen LogP contribution in [0.5, 0.6) is 5.88 Å². The number of hydrogen-bond donors (Lipinski definition) is 2. The molecular formula is C22H22F4N8O3. The standard InChI is InChI=1S/C22H22F4N8O3/c1-37-20-19-13(12-2-3-16-17(8-12)34(31-29-16)11-22(24,25)26)4-7-33(19)30-21(28-20)27-15-5-6-32(9-14(15)23)18(36)10-35/h2-4,7-8,14-15,35H,5-6,9-11H2,1H3,(H,27,30)/t14-,15+/m1/s1/i1D3. The molecule has 0 spiro atoms. The number of nitrogens with zero attached hydrogens (tertiary/aromatic N) is 7. The summed E-state index contributed by atoms with van der Waals surface area (Å²) in [7, 11) is -2.93. The Morgan fingerprint density at radius 3 is 2.92 bits per heavy atom. The Kier molecular flexibility index (Phi) is 5.40. The van der Waals surface area contributed by atoms with Gasteiger partial charge in [-0.15, -0.1) is 10.2 Å². The number of carbonyl (C=O) groups excluding carboxylic acids is 1. The monoisotopic (exact) mass is 525 g/mol. The van der Waals surface area contributed by atoms with Crippen LogP contribution in [0.2, 0.25) is 0 Å². The lowest BCUT2D eigenvalue weighted by Gasteiger charge is -2.34. The van der Waals surface area contributed by atoms with Crippen molar-refractivity contribution in [3.8, 4) is 17.0 Å². The van der Waals surface area contributed by atoms with Crippen molar-refractivity contribution in [2.45, 2.75) is 31.4 Å². The molecule has 0 aliphatic carbocycles. The number of aromatic nitrogens is 6. The number of fused-ring (bicyclic) bond motifs is 2. The molecule has 1 aliphatic rings. The summed E-state index contributed by atoms with van der Waals surface area (Å²) < 4.78 is 83.7. The van der Waals surface area contributed by atoms with Gasteiger partial charge in [-0.25, -0.2) is 13.6 Å². The highest BCUT2D eigenvalue weighted by Gasteiger charge is 2.32. The molecule has 2 N–H and O–H groups in total. The first-order valence-corrected chi connectivity index (χ1v) is 11.1. The van der Waals surface area contributed by atoms with Crippen molar-refractivity contribution in [2.24, 2.45) is 0 Å². The Bertz CT molecular complexity index is 1560. The minimum absolute atomic E-state index is 0.103. The zero-order valence-corrected chi connectivity index (χ0v) is 19.0. The molecule has 1 amide bonds. The van der Waals surface area contributed by atoms with Crippen LogP contribution in [-0.4, -0.2) is 90.6 Å². The number of aliphatic hydroxyl groups is 1. The summed E-state index contributed by atoms with van der Waals surface area (Å²) in [5, 5.41) is 23.5. The third kappa shape index (κ3) is 4.85. The number of piperidine rings is 1. The summed E-state index contributed by atoms with van der Waals surface area (Å²) in [6.45, 7) is -2.16. The second-order valence-electron chi connectivity index (χ2n) is 8.48. The fraction of sp³-hybridized carbons (Fsp3) is 0.409. The fourth-order valence-electron chi connectivity index (χ4n) is 4.34. The molecule has 0 unspecified atom stereocenters. The van der Waals surface area contributed by atoms with Gasteiger partial charge in [-0.1, -0.05) is 11.3 Å². The zero-order chi connectivity index (χ0) is 28.8. The summed E-state index contributed by atoms with van der Waals surface area (Å²) in [5.74, 6) is -1.11. The molecule has 4 heterocycles. The van der Waals surface area contributed by atoms with Crippen LogP contribution in [0.15, 0.2) is 30.5 Å². The summed E-state index contributed by atoms with van der Waals surface area (Å²) in [5.41, 5.74) is 1.19. The lowest BCUT2D eigenvalue weighted by Crippen LogP contribution is -2.50. The van der Waals surface area contributed by atoms with Crippen LogP contribution in [0, 0.1) is 0 Å². The second kappa shape index (κ2) is 9.46. The number of methoxy groups -OCH3 is 1. The Labute approximate surface area is 210 Å². The van der Waals surface area contributed by atoms with Gasteiger partial charge in [-0.3, -0.25) is 4.79 Å². The van der Waals surface area contributed by atoms with Crippen molar-refractivity contribution < 1.29 is 36.3 Å². The fourth-order valence-corrected chi connectivity index (χ4v) is 4.34. The predicted molar refractivity (Wildman–Crippen MR) is 123 cm³/mol. The molecular weight excluding hydrogens is 500 g/mol. The number of alkyl halides is 4. The average molecular weight is 525 g/mol. The van der Waals surface area contributed by atoms with Gasteiger partial charge in [-0.05, 0) is 30.2 Å². The van der Waals surface area contributed by atoms with Gasteiger partial charge in [0.1, 0.15) is 30.4 Å². The Balaban J connectivity index is 1.51. The van der Waals surface area contributed by atoms with Crippen LogP contribution in [0.4, 0.5) is 23.5 Å². The Morgan fingerprint density at radius 2 is 2.19 bits per heavy atom. The third-order valence-corrected chi connectivity index (χ3v) is 6.07. The van der Waals surface area contributed by atoms with Crippen LogP contribution in [-0.2, 0) is 11.3 Å². The highest BCUT2D eigenvalue weighted by Crippen LogP contribution is 2.33. The number of halogens is 4. The van der Waals surface area contributed by atoms with Gasteiger partial charge < -0.3 is 20.1 Å². The Hall–Kier alpha value is -4.01. The first kappa shape index (κ1) is 21.1. The number of hydrogen-bond acceptors (Lipinski definition) is 8. The number of amides is 1. The molecule has 0 radical (unpaired) electrons. The minimum atomic E-state index is -4.53. The minimum Gasteiger partial charge on any atom is -0.479 e. The highest BCUT2D eigenvalue weighted by atomic mass is 19.4. The van der Waals surface area contributed by atoms with Crippen LogP contribution in [0.1, 0.15) is 10.5 Å². The van der Waals surface area contributed by atoms with E-state index in [1.807, 2.05) is 0 Å². The maximum absolute atomic E-state index is 14.8. The van der Waals surface area contributed by atoms with Gasteiger partial charge >= 0.3 is 6.18 Å². The van der Waals surface area contributed by atoms with Crippen molar-refractivity contribution in [1.29, 1.82) is 0 Å². The van der Waals surface area contributed by atoms with Crippen molar-refractivity contribution >= 4 is 28.4 Å². The van der Waals surface area contributed by atoms with Crippen molar-refractivity contribution in [2.75, 3.05) is 32.1 Å². The molecule has 37 heavy (non-hydrogen) atoms. The van der Waals surface area contributed by atoms with E-state index in [0.717, 1.165) is 0 Å². The normalized spacial score (nSPS) is 20.0. The molecule has 3 aromatic heterocycles. The number of nitrogens with one attached hydrogen (secondary N) is 1. The lowest BCUT2D eigenvalue weighted by molar-refractivity contribution is -0.142. The van der Waals surface area contributed by atoms with Crippen LogP contribution in [0.3, 0.4) is 0 Å². The van der Waals surface area contributed by atoms with Gasteiger partial charge in [-0.2, -0.15) is 18.2 Å². The predicted octanol–water partition coefficient (Wildman–Crippen LogP) is 2.06. The van der Waals surface area contributed by atoms with Gasteiger partial charge in [0.05, 0.1) is 29.3 Å². The van der Waals surface area contributed by atoms with Crippen LogP contribution in [0.25, 0.3) is 27.7 Å².